The monoisotopic (exact) mass is 510 g/mol. The number of nitrogens with one attached hydrogen (secondary N) is 1. The number of benzene rings is 1. The van der Waals surface area contributed by atoms with Crippen molar-refractivity contribution in [2.75, 3.05) is 13.2 Å². The molecule has 2 heterocycles. The van der Waals surface area contributed by atoms with E-state index in [0.717, 1.165) is 5.56 Å². The molecule has 0 bridgehead atoms. The molecule has 1 aliphatic heterocycles. The van der Waals surface area contributed by atoms with Gasteiger partial charge in [0.1, 0.15) is 17.2 Å². The standard InChI is InChI=1S/C26H34N6O5/c1-6-19-14-26(19,23(34)36-7-2)27-22(33)20-13-18(16-31(20)24(35)37-25(3,4)5)21-28-30-32(29-21)15-17-11-9-8-10-12-17/h6,8-12,18-20H,1,7,13-16H2,2-5H3,(H,27,33)/t18-,19-,20?,26?/m1/s1. The normalized spacial score (nSPS) is 24.9. The molecule has 2 aromatic rings. The maximum atomic E-state index is 13.5. The van der Waals surface area contributed by atoms with Gasteiger partial charge in [-0.1, -0.05) is 36.4 Å². The Morgan fingerprint density at radius 2 is 1.97 bits per heavy atom. The van der Waals surface area contributed by atoms with Crippen LogP contribution >= 0.6 is 0 Å². The molecule has 1 aromatic heterocycles. The fourth-order valence-electron chi connectivity index (χ4n) is 4.59. The number of amides is 2. The van der Waals surface area contributed by atoms with E-state index in [2.05, 4.69) is 27.3 Å². The molecule has 2 unspecified atom stereocenters. The molecule has 1 saturated carbocycles. The predicted molar refractivity (Wildman–Crippen MR) is 133 cm³/mol. The van der Waals surface area contributed by atoms with Gasteiger partial charge in [-0.25, -0.2) is 9.59 Å². The third kappa shape index (κ3) is 5.81. The molecule has 198 valence electrons. The minimum atomic E-state index is -1.16. The van der Waals surface area contributed by atoms with Crippen molar-refractivity contribution in [3.8, 4) is 0 Å². The zero-order valence-electron chi connectivity index (χ0n) is 21.7. The van der Waals surface area contributed by atoms with Crippen LogP contribution in [0.5, 0.6) is 0 Å². The first-order valence-electron chi connectivity index (χ1n) is 12.5. The quantitative estimate of drug-likeness (QED) is 0.424. The lowest BCUT2D eigenvalue weighted by Crippen LogP contribution is -2.53. The van der Waals surface area contributed by atoms with Gasteiger partial charge in [0.05, 0.1) is 13.2 Å². The summed E-state index contributed by atoms with van der Waals surface area (Å²) >= 11 is 0. The van der Waals surface area contributed by atoms with E-state index < -0.39 is 35.2 Å². The van der Waals surface area contributed by atoms with Gasteiger partial charge in [-0.2, -0.15) is 4.80 Å². The lowest BCUT2D eigenvalue weighted by atomic mass is 10.0. The second-order valence-electron chi connectivity index (χ2n) is 10.5. The molecular formula is C26H34N6O5. The van der Waals surface area contributed by atoms with Gasteiger partial charge in [-0.15, -0.1) is 16.8 Å². The smallest absolute Gasteiger partial charge is 0.410 e. The van der Waals surface area contributed by atoms with Crippen LogP contribution in [-0.4, -0.2) is 73.4 Å². The predicted octanol–water partition coefficient (Wildman–Crippen LogP) is 2.44. The van der Waals surface area contributed by atoms with Gasteiger partial charge in [0.2, 0.25) is 5.91 Å². The number of aromatic nitrogens is 4. The van der Waals surface area contributed by atoms with Gasteiger partial charge >= 0.3 is 12.1 Å². The first kappa shape index (κ1) is 26.3. The Morgan fingerprint density at radius 3 is 2.59 bits per heavy atom. The molecule has 2 aliphatic rings. The highest BCUT2D eigenvalue weighted by Gasteiger charge is 2.62. The lowest BCUT2D eigenvalue weighted by Gasteiger charge is -2.29. The maximum absolute atomic E-state index is 13.5. The second-order valence-corrected chi connectivity index (χ2v) is 10.5. The zero-order valence-corrected chi connectivity index (χ0v) is 21.7. The van der Waals surface area contributed by atoms with Gasteiger partial charge in [0.25, 0.3) is 0 Å². The van der Waals surface area contributed by atoms with Crippen LogP contribution in [0.3, 0.4) is 0 Å². The summed E-state index contributed by atoms with van der Waals surface area (Å²) in [7, 11) is 0. The number of nitrogens with zero attached hydrogens (tertiary/aromatic N) is 5. The Kier molecular flexibility index (Phi) is 7.33. The SMILES string of the molecule is C=C[C@@H]1CC1(NC(=O)C1C[C@@H](c2nnn(Cc3ccccc3)n2)CN1C(=O)OC(C)(C)C)C(=O)OCC. The van der Waals surface area contributed by atoms with E-state index >= 15 is 0 Å². The number of hydrogen-bond acceptors (Lipinski definition) is 8. The molecule has 11 heteroatoms. The Hall–Kier alpha value is -3.76. The molecule has 4 rings (SSSR count). The van der Waals surface area contributed by atoms with Gasteiger partial charge in [0.15, 0.2) is 5.82 Å². The molecule has 1 saturated heterocycles. The fourth-order valence-corrected chi connectivity index (χ4v) is 4.59. The maximum Gasteiger partial charge on any atom is 0.410 e. The van der Waals surface area contributed by atoms with Crippen molar-refractivity contribution in [3.63, 3.8) is 0 Å². The van der Waals surface area contributed by atoms with Gasteiger partial charge in [-0.3, -0.25) is 9.69 Å². The topological polar surface area (TPSA) is 129 Å². The van der Waals surface area contributed by atoms with Crippen LogP contribution in [0.15, 0.2) is 43.0 Å². The fraction of sp³-hybridized carbons (Fsp3) is 0.538. The summed E-state index contributed by atoms with van der Waals surface area (Å²) in [5, 5.41) is 15.7. The van der Waals surface area contributed by atoms with Crippen LogP contribution < -0.4 is 5.32 Å². The molecular weight excluding hydrogens is 476 g/mol. The molecule has 4 atom stereocenters. The lowest BCUT2D eigenvalue weighted by molar-refractivity contribution is -0.149. The first-order valence-corrected chi connectivity index (χ1v) is 12.5. The van der Waals surface area contributed by atoms with Gasteiger partial charge in [0, 0.05) is 18.4 Å². The summed E-state index contributed by atoms with van der Waals surface area (Å²) in [5.74, 6) is -1.09. The number of carbonyl (C=O) groups is 3. The summed E-state index contributed by atoms with van der Waals surface area (Å²) < 4.78 is 10.8. The Balaban J connectivity index is 1.53. The minimum Gasteiger partial charge on any atom is -0.464 e. The highest BCUT2D eigenvalue weighted by molar-refractivity contribution is 5.95. The van der Waals surface area contributed by atoms with E-state index in [4.69, 9.17) is 9.47 Å². The summed E-state index contributed by atoms with van der Waals surface area (Å²) in [6.45, 7) is 11.6. The van der Waals surface area contributed by atoms with Crippen molar-refractivity contribution >= 4 is 18.0 Å². The van der Waals surface area contributed by atoms with Crippen LogP contribution in [0.2, 0.25) is 0 Å². The van der Waals surface area contributed by atoms with Crippen LogP contribution in [0, 0.1) is 5.92 Å². The Bertz CT molecular complexity index is 1160. The highest BCUT2D eigenvalue weighted by Crippen LogP contribution is 2.46. The third-order valence-electron chi connectivity index (χ3n) is 6.52. The van der Waals surface area contributed by atoms with Crippen molar-refractivity contribution in [2.24, 2.45) is 5.92 Å². The van der Waals surface area contributed by atoms with Gasteiger partial charge in [-0.05, 0) is 51.3 Å². The Morgan fingerprint density at radius 1 is 1.24 bits per heavy atom. The summed E-state index contributed by atoms with van der Waals surface area (Å²) in [5.41, 5.74) is -0.885. The van der Waals surface area contributed by atoms with E-state index in [1.165, 1.54) is 9.70 Å². The number of tetrazole rings is 1. The number of rotatable bonds is 8. The summed E-state index contributed by atoms with van der Waals surface area (Å²) in [4.78, 5) is 42.1. The van der Waals surface area contributed by atoms with Gasteiger partial charge < -0.3 is 14.8 Å². The average Bonchev–Trinajstić information content (AvgIpc) is 3.16. The van der Waals surface area contributed by atoms with Crippen molar-refractivity contribution in [2.45, 2.75) is 70.2 Å². The summed E-state index contributed by atoms with van der Waals surface area (Å²) in [6, 6.07) is 8.87. The molecule has 37 heavy (non-hydrogen) atoms. The number of esters is 1. The van der Waals surface area contributed by atoms with E-state index in [1.807, 2.05) is 30.3 Å². The van der Waals surface area contributed by atoms with Crippen LogP contribution in [0.25, 0.3) is 0 Å². The number of carbonyl (C=O) groups excluding carboxylic acids is 3. The molecule has 2 fully saturated rings. The molecule has 11 nitrogen and oxygen atoms in total. The Labute approximate surface area is 216 Å². The molecule has 0 spiro atoms. The zero-order chi connectivity index (χ0) is 26.8. The number of ether oxygens (including phenoxy) is 2. The van der Waals surface area contributed by atoms with Crippen molar-refractivity contribution < 1.29 is 23.9 Å². The van der Waals surface area contributed by atoms with Crippen LogP contribution in [0.4, 0.5) is 4.79 Å². The molecule has 2 amide bonds. The molecule has 1 aliphatic carbocycles. The van der Waals surface area contributed by atoms with Crippen molar-refractivity contribution in [1.29, 1.82) is 0 Å². The minimum absolute atomic E-state index is 0.182. The third-order valence-corrected chi connectivity index (χ3v) is 6.52. The second kappa shape index (κ2) is 10.3. The summed E-state index contributed by atoms with van der Waals surface area (Å²) in [6.07, 6.45) is 1.68. The largest absolute Gasteiger partial charge is 0.464 e. The van der Waals surface area contributed by atoms with Crippen LogP contribution in [-0.2, 0) is 25.6 Å². The number of hydrogen-bond donors (Lipinski definition) is 1. The van der Waals surface area contributed by atoms with Crippen LogP contribution in [0.1, 0.15) is 57.8 Å². The molecule has 1 N–H and O–H groups in total. The van der Waals surface area contributed by atoms with E-state index in [-0.39, 0.29) is 31.4 Å². The highest BCUT2D eigenvalue weighted by atomic mass is 16.6. The van der Waals surface area contributed by atoms with Crippen molar-refractivity contribution in [3.05, 3.63) is 54.4 Å². The van der Waals surface area contributed by atoms with E-state index in [9.17, 15) is 14.4 Å². The van der Waals surface area contributed by atoms with Crippen molar-refractivity contribution in [1.82, 2.24) is 30.4 Å². The first-order chi connectivity index (χ1) is 17.6. The molecule has 0 radical (unpaired) electrons. The van der Waals surface area contributed by atoms with E-state index in [0.29, 0.717) is 18.8 Å². The average molecular weight is 511 g/mol. The number of likely N-dealkylation sites (tertiary alicyclic amines) is 1. The van der Waals surface area contributed by atoms with E-state index in [1.54, 1.807) is 33.8 Å². The molecule has 1 aromatic carbocycles.